The van der Waals surface area contributed by atoms with Crippen molar-refractivity contribution in [1.82, 2.24) is 10.3 Å². The lowest BCUT2D eigenvalue weighted by atomic mass is 10.1. The summed E-state index contributed by atoms with van der Waals surface area (Å²) in [6.45, 7) is 1.40. The molecule has 0 fully saturated rings. The Balaban J connectivity index is 2.11. The van der Waals surface area contributed by atoms with Crippen molar-refractivity contribution >= 4 is 17.7 Å². The van der Waals surface area contributed by atoms with E-state index in [9.17, 15) is 14.4 Å². The Morgan fingerprint density at radius 1 is 1.09 bits per heavy atom. The summed E-state index contributed by atoms with van der Waals surface area (Å²) in [5, 5.41) is 2.63. The number of ether oxygens (including phenoxy) is 1. The van der Waals surface area contributed by atoms with E-state index in [2.05, 4.69) is 10.3 Å². The molecule has 1 aromatic carbocycles. The quantitative estimate of drug-likeness (QED) is 0.628. The maximum absolute atomic E-state index is 12.2. The molecule has 0 spiro atoms. The van der Waals surface area contributed by atoms with Gasteiger partial charge in [-0.3, -0.25) is 9.59 Å². The second-order valence-electron chi connectivity index (χ2n) is 5.08. The molecule has 2 rings (SSSR count). The number of aromatic amines is 1. The van der Waals surface area contributed by atoms with E-state index in [1.165, 1.54) is 26.2 Å². The predicted molar refractivity (Wildman–Crippen MR) is 84.2 cm³/mol. The highest BCUT2D eigenvalue weighted by Crippen LogP contribution is 2.07. The van der Waals surface area contributed by atoms with Crippen LogP contribution in [0.2, 0.25) is 0 Å². The third kappa shape index (κ3) is 4.29. The van der Waals surface area contributed by atoms with E-state index in [1.807, 2.05) is 30.3 Å². The fourth-order valence-corrected chi connectivity index (χ4v) is 2.15. The number of Topliss-reactive ketones (excluding diaryl/α,β-unsaturated/α-hetero) is 1. The number of benzene rings is 1. The predicted octanol–water partition coefficient (Wildman–Crippen LogP) is 1.73. The molecule has 0 bridgehead atoms. The summed E-state index contributed by atoms with van der Waals surface area (Å²) in [7, 11) is 1.27. The number of esters is 1. The van der Waals surface area contributed by atoms with Gasteiger partial charge in [-0.2, -0.15) is 0 Å². The smallest absolute Gasteiger partial charge is 0.328 e. The highest BCUT2D eigenvalue weighted by molar-refractivity contribution is 5.98. The Kier molecular flexibility index (Phi) is 5.30. The second kappa shape index (κ2) is 7.40. The topological polar surface area (TPSA) is 88.3 Å². The summed E-state index contributed by atoms with van der Waals surface area (Å²) in [5.74, 6) is -1.16. The first kappa shape index (κ1) is 16.5. The van der Waals surface area contributed by atoms with Gasteiger partial charge in [-0.1, -0.05) is 30.3 Å². The van der Waals surface area contributed by atoms with Crippen molar-refractivity contribution in [1.29, 1.82) is 0 Å². The SMILES string of the molecule is COC(=O)[C@H](Cc1ccccc1)NC(=O)c1ccc(C(C)=O)[nH]1. The van der Waals surface area contributed by atoms with Gasteiger partial charge in [0.25, 0.3) is 5.91 Å². The van der Waals surface area contributed by atoms with Gasteiger partial charge in [-0.25, -0.2) is 4.79 Å². The minimum Gasteiger partial charge on any atom is -0.467 e. The van der Waals surface area contributed by atoms with Crippen molar-refractivity contribution in [3.63, 3.8) is 0 Å². The maximum atomic E-state index is 12.2. The summed E-state index contributed by atoms with van der Waals surface area (Å²) in [6.07, 6.45) is 0.319. The Labute approximate surface area is 133 Å². The molecular formula is C17H18N2O4. The first-order valence-electron chi connectivity index (χ1n) is 7.14. The largest absolute Gasteiger partial charge is 0.467 e. The van der Waals surface area contributed by atoms with Gasteiger partial charge < -0.3 is 15.0 Å². The number of hydrogen-bond acceptors (Lipinski definition) is 4. The standard InChI is InChI=1S/C17H18N2O4/c1-11(20)13-8-9-14(18-13)16(21)19-15(17(22)23-2)10-12-6-4-3-5-7-12/h3-9,15,18H,10H2,1-2H3,(H,19,21)/t15-/m0/s1. The minimum atomic E-state index is -0.807. The van der Waals surface area contributed by atoms with Crippen LogP contribution in [-0.2, 0) is 16.0 Å². The molecule has 0 saturated carbocycles. The van der Waals surface area contributed by atoms with E-state index in [0.29, 0.717) is 12.1 Å². The molecule has 6 nitrogen and oxygen atoms in total. The Morgan fingerprint density at radius 3 is 2.30 bits per heavy atom. The van der Waals surface area contributed by atoms with E-state index in [1.54, 1.807) is 0 Å². The maximum Gasteiger partial charge on any atom is 0.328 e. The van der Waals surface area contributed by atoms with Crippen LogP contribution in [0.3, 0.4) is 0 Å². The number of ketones is 1. The lowest BCUT2D eigenvalue weighted by Crippen LogP contribution is -2.43. The van der Waals surface area contributed by atoms with Gasteiger partial charge in [0.1, 0.15) is 11.7 Å². The molecule has 0 unspecified atom stereocenters. The molecule has 2 aromatic rings. The van der Waals surface area contributed by atoms with Crippen molar-refractivity contribution in [3.05, 3.63) is 59.4 Å². The molecular weight excluding hydrogens is 296 g/mol. The van der Waals surface area contributed by atoms with Crippen molar-refractivity contribution in [2.75, 3.05) is 7.11 Å². The van der Waals surface area contributed by atoms with E-state index < -0.39 is 17.9 Å². The van der Waals surface area contributed by atoms with E-state index in [4.69, 9.17) is 4.74 Å². The third-order valence-corrected chi connectivity index (χ3v) is 3.38. The summed E-state index contributed by atoms with van der Waals surface area (Å²) in [5.41, 5.74) is 1.46. The number of carbonyl (C=O) groups is 3. The Bertz CT molecular complexity index is 706. The summed E-state index contributed by atoms with van der Waals surface area (Å²) in [6, 6.07) is 11.5. The Hall–Kier alpha value is -2.89. The van der Waals surface area contributed by atoms with Crippen LogP contribution in [0.1, 0.15) is 33.5 Å². The fourth-order valence-electron chi connectivity index (χ4n) is 2.15. The number of hydrogen-bond donors (Lipinski definition) is 2. The summed E-state index contributed by atoms with van der Waals surface area (Å²) >= 11 is 0. The van der Waals surface area contributed by atoms with Crippen molar-refractivity contribution in [2.45, 2.75) is 19.4 Å². The molecule has 1 heterocycles. The van der Waals surface area contributed by atoms with Crippen LogP contribution in [0.15, 0.2) is 42.5 Å². The molecule has 0 aliphatic carbocycles. The van der Waals surface area contributed by atoms with Gasteiger partial charge in [0.15, 0.2) is 5.78 Å². The van der Waals surface area contributed by atoms with Gasteiger partial charge in [-0.05, 0) is 17.7 Å². The third-order valence-electron chi connectivity index (χ3n) is 3.38. The van der Waals surface area contributed by atoms with Crippen LogP contribution in [0.5, 0.6) is 0 Å². The number of aromatic nitrogens is 1. The molecule has 0 radical (unpaired) electrons. The molecule has 0 aliphatic heterocycles. The monoisotopic (exact) mass is 314 g/mol. The number of methoxy groups -OCH3 is 1. The van der Waals surface area contributed by atoms with E-state index >= 15 is 0 Å². The van der Waals surface area contributed by atoms with Gasteiger partial charge >= 0.3 is 5.97 Å². The van der Waals surface area contributed by atoms with Crippen molar-refractivity contribution in [2.24, 2.45) is 0 Å². The number of rotatable bonds is 6. The lowest BCUT2D eigenvalue weighted by molar-refractivity contribution is -0.142. The molecule has 1 atom stereocenters. The average Bonchev–Trinajstić information content (AvgIpc) is 3.05. The molecule has 1 amide bonds. The van der Waals surface area contributed by atoms with Crippen LogP contribution < -0.4 is 5.32 Å². The summed E-state index contributed by atoms with van der Waals surface area (Å²) in [4.78, 5) is 38.1. The van der Waals surface area contributed by atoms with Crippen molar-refractivity contribution in [3.8, 4) is 0 Å². The molecule has 6 heteroatoms. The fraction of sp³-hybridized carbons (Fsp3) is 0.235. The van der Waals surface area contributed by atoms with Crippen LogP contribution in [0.25, 0.3) is 0 Å². The highest BCUT2D eigenvalue weighted by atomic mass is 16.5. The molecule has 0 saturated heterocycles. The highest BCUT2D eigenvalue weighted by Gasteiger charge is 2.23. The molecule has 1 aromatic heterocycles. The number of amides is 1. The zero-order valence-corrected chi connectivity index (χ0v) is 13.0. The first-order chi connectivity index (χ1) is 11.0. The molecule has 2 N–H and O–H groups in total. The minimum absolute atomic E-state index is 0.169. The zero-order valence-electron chi connectivity index (χ0n) is 13.0. The van der Waals surface area contributed by atoms with Gasteiger partial charge in [0.05, 0.1) is 12.8 Å². The van der Waals surface area contributed by atoms with Gasteiger partial charge in [-0.15, -0.1) is 0 Å². The van der Waals surface area contributed by atoms with Crippen LogP contribution in [-0.4, -0.2) is 35.8 Å². The van der Waals surface area contributed by atoms with Crippen LogP contribution in [0.4, 0.5) is 0 Å². The van der Waals surface area contributed by atoms with Crippen molar-refractivity contribution < 1.29 is 19.1 Å². The molecule has 23 heavy (non-hydrogen) atoms. The molecule has 0 aliphatic rings. The normalized spacial score (nSPS) is 11.6. The van der Waals surface area contributed by atoms with E-state index in [-0.39, 0.29) is 11.5 Å². The second-order valence-corrected chi connectivity index (χ2v) is 5.08. The average molecular weight is 314 g/mol. The van der Waals surface area contributed by atoms with Crippen LogP contribution >= 0.6 is 0 Å². The van der Waals surface area contributed by atoms with Gasteiger partial charge in [0, 0.05) is 13.3 Å². The first-order valence-corrected chi connectivity index (χ1v) is 7.14. The Morgan fingerprint density at radius 2 is 1.74 bits per heavy atom. The number of H-pyrrole nitrogens is 1. The van der Waals surface area contributed by atoms with Crippen LogP contribution in [0, 0.1) is 0 Å². The number of nitrogens with one attached hydrogen (secondary N) is 2. The zero-order chi connectivity index (χ0) is 16.8. The van der Waals surface area contributed by atoms with Gasteiger partial charge in [0.2, 0.25) is 0 Å². The summed E-state index contributed by atoms with van der Waals surface area (Å²) < 4.78 is 4.75. The molecule has 120 valence electrons. The lowest BCUT2D eigenvalue weighted by Gasteiger charge is -2.16. The van der Waals surface area contributed by atoms with E-state index in [0.717, 1.165) is 5.56 Å². The number of carbonyl (C=O) groups excluding carboxylic acids is 3.